The van der Waals surface area contributed by atoms with Crippen LogP contribution in [0.5, 0.6) is 0 Å². The fraction of sp³-hybridized carbons (Fsp3) is 0.750. The Morgan fingerprint density at radius 1 is 1.36 bits per heavy atom. The lowest BCUT2D eigenvalue weighted by molar-refractivity contribution is -0.294. The SMILES string of the molecule is CC(=O)CCOOCC[C@H](N)C(=O)O. The smallest absolute Gasteiger partial charge is 0.320 e. The number of ketones is 1. The van der Waals surface area contributed by atoms with Crippen LogP contribution in [0.1, 0.15) is 19.8 Å². The monoisotopic (exact) mass is 205 g/mol. The largest absolute Gasteiger partial charge is 0.480 e. The Kier molecular flexibility index (Phi) is 6.91. The quantitative estimate of drug-likeness (QED) is 0.321. The molecule has 0 spiro atoms. The van der Waals surface area contributed by atoms with Crippen LogP contribution in [0.2, 0.25) is 0 Å². The van der Waals surface area contributed by atoms with Crippen LogP contribution in [0.4, 0.5) is 0 Å². The first kappa shape index (κ1) is 13.0. The van der Waals surface area contributed by atoms with Crippen molar-refractivity contribution < 1.29 is 24.5 Å². The number of carboxylic acid groups (broad SMARTS) is 1. The van der Waals surface area contributed by atoms with Gasteiger partial charge in [-0.1, -0.05) is 0 Å². The van der Waals surface area contributed by atoms with E-state index in [0.717, 1.165) is 0 Å². The van der Waals surface area contributed by atoms with Gasteiger partial charge in [0, 0.05) is 6.42 Å². The van der Waals surface area contributed by atoms with Gasteiger partial charge < -0.3 is 10.8 Å². The molecular formula is C8H15NO5. The lowest BCUT2D eigenvalue weighted by Gasteiger charge is -2.05. The minimum absolute atomic E-state index is 0.0100. The third-order valence-electron chi connectivity index (χ3n) is 1.45. The Bertz CT molecular complexity index is 194. The first-order valence-corrected chi connectivity index (χ1v) is 4.26. The maximum absolute atomic E-state index is 10.4. The summed E-state index contributed by atoms with van der Waals surface area (Å²) in [6.07, 6.45) is 0.459. The molecule has 0 aliphatic carbocycles. The number of carbonyl (C=O) groups is 2. The van der Waals surface area contributed by atoms with Gasteiger partial charge >= 0.3 is 5.97 Å². The highest BCUT2D eigenvalue weighted by atomic mass is 17.2. The molecule has 1 atom stereocenters. The number of rotatable bonds is 8. The summed E-state index contributed by atoms with van der Waals surface area (Å²) in [6.45, 7) is 1.73. The standard InChI is InChI=1S/C8H15NO5/c1-6(10)2-4-13-14-5-3-7(9)8(11)12/h7H,2-5,9H2,1H3,(H,11,12)/t7-/m0/s1. The second kappa shape index (κ2) is 7.43. The number of Topliss-reactive ketones (excluding diaryl/α,β-unsaturated/α-hetero) is 1. The average Bonchev–Trinajstić information content (AvgIpc) is 2.09. The predicted molar refractivity (Wildman–Crippen MR) is 47.4 cm³/mol. The summed E-state index contributed by atoms with van der Waals surface area (Å²) >= 11 is 0. The van der Waals surface area contributed by atoms with E-state index in [1.54, 1.807) is 0 Å². The van der Waals surface area contributed by atoms with Gasteiger partial charge in [0.1, 0.15) is 11.8 Å². The van der Waals surface area contributed by atoms with Crippen molar-refractivity contribution in [2.45, 2.75) is 25.8 Å². The summed E-state index contributed by atoms with van der Waals surface area (Å²) in [5.74, 6) is -1.06. The second-order valence-corrected chi connectivity index (χ2v) is 2.83. The van der Waals surface area contributed by atoms with Gasteiger partial charge in [-0.15, -0.1) is 0 Å². The molecule has 0 aromatic heterocycles. The minimum atomic E-state index is -1.07. The van der Waals surface area contributed by atoms with Gasteiger partial charge in [0.05, 0.1) is 13.2 Å². The lowest BCUT2D eigenvalue weighted by atomic mass is 10.2. The molecule has 6 heteroatoms. The highest BCUT2D eigenvalue weighted by molar-refractivity contribution is 5.75. The van der Waals surface area contributed by atoms with E-state index in [4.69, 9.17) is 10.8 Å². The maximum atomic E-state index is 10.4. The fourth-order valence-electron chi connectivity index (χ4n) is 0.602. The van der Waals surface area contributed by atoms with Crippen LogP contribution < -0.4 is 5.73 Å². The third-order valence-corrected chi connectivity index (χ3v) is 1.45. The first-order chi connectivity index (χ1) is 6.54. The molecule has 0 unspecified atom stereocenters. The number of carbonyl (C=O) groups excluding carboxylic acids is 1. The van der Waals surface area contributed by atoms with Crippen molar-refractivity contribution in [1.82, 2.24) is 0 Å². The van der Waals surface area contributed by atoms with Crippen LogP contribution in [0.25, 0.3) is 0 Å². The molecule has 3 N–H and O–H groups in total. The van der Waals surface area contributed by atoms with E-state index in [1.165, 1.54) is 6.92 Å². The van der Waals surface area contributed by atoms with Gasteiger partial charge in [0.25, 0.3) is 0 Å². The summed E-state index contributed by atoms with van der Waals surface area (Å²) in [5.41, 5.74) is 5.19. The van der Waals surface area contributed by atoms with E-state index < -0.39 is 12.0 Å². The molecule has 14 heavy (non-hydrogen) atoms. The van der Waals surface area contributed by atoms with Crippen molar-refractivity contribution in [2.24, 2.45) is 5.73 Å². The van der Waals surface area contributed by atoms with E-state index in [1.807, 2.05) is 0 Å². The number of nitrogens with two attached hydrogens (primary N) is 1. The molecule has 0 aromatic carbocycles. The van der Waals surface area contributed by atoms with Crippen LogP contribution in [0.3, 0.4) is 0 Å². The molecule has 0 saturated carbocycles. The highest BCUT2D eigenvalue weighted by Gasteiger charge is 2.10. The molecular weight excluding hydrogens is 190 g/mol. The Morgan fingerprint density at radius 3 is 2.43 bits per heavy atom. The van der Waals surface area contributed by atoms with E-state index >= 15 is 0 Å². The van der Waals surface area contributed by atoms with E-state index in [0.29, 0.717) is 0 Å². The molecule has 0 saturated heterocycles. The number of hydrogen-bond acceptors (Lipinski definition) is 5. The molecule has 0 amide bonds. The summed E-state index contributed by atoms with van der Waals surface area (Å²) < 4.78 is 0. The highest BCUT2D eigenvalue weighted by Crippen LogP contribution is 1.92. The van der Waals surface area contributed by atoms with E-state index in [9.17, 15) is 9.59 Å². The minimum Gasteiger partial charge on any atom is -0.480 e. The van der Waals surface area contributed by atoms with Crippen molar-refractivity contribution in [2.75, 3.05) is 13.2 Å². The molecule has 6 nitrogen and oxygen atoms in total. The maximum Gasteiger partial charge on any atom is 0.320 e. The second-order valence-electron chi connectivity index (χ2n) is 2.83. The molecule has 82 valence electrons. The topological polar surface area (TPSA) is 98.9 Å². The average molecular weight is 205 g/mol. The van der Waals surface area contributed by atoms with E-state index in [2.05, 4.69) is 9.78 Å². The Balaban J connectivity index is 3.21. The zero-order valence-electron chi connectivity index (χ0n) is 8.06. The summed E-state index contributed by atoms with van der Waals surface area (Å²) in [6, 6.07) is -0.939. The molecule has 0 aromatic rings. The van der Waals surface area contributed by atoms with Gasteiger partial charge in [-0.2, -0.15) is 0 Å². The zero-order valence-corrected chi connectivity index (χ0v) is 8.06. The summed E-state index contributed by atoms with van der Waals surface area (Å²) in [7, 11) is 0. The third kappa shape index (κ3) is 7.66. The summed E-state index contributed by atoms with van der Waals surface area (Å²) in [5, 5.41) is 8.39. The Labute approximate surface area is 81.9 Å². The van der Waals surface area contributed by atoms with Crippen molar-refractivity contribution in [1.29, 1.82) is 0 Å². The summed E-state index contributed by atoms with van der Waals surface area (Å²) in [4.78, 5) is 29.9. The first-order valence-electron chi connectivity index (χ1n) is 4.26. The Morgan fingerprint density at radius 2 is 1.93 bits per heavy atom. The van der Waals surface area contributed by atoms with Gasteiger partial charge in [0.15, 0.2) is 0 Å². The van der Waals surface area contributed by atoms with Crippen molar-refractivity contribution in [3.8, 4) is 0 Å². The van der Waals surface area contributed by atoms with Crippen LogP contribution in [-0.2, 0) is 19.4 Å². The van der Waals surface area contributed by atoms with Crippen LogP contribution >= 0.6 is 0 Å². The molecule has 0 aliphatic heterocycles. The van der Waals surface area contributed by atoms with Gasteiger partial charge in [-0.3, -0.25) is 9.59 Å². The number of aliphatic carboxylic acids is 1. The van der Waals surface area contributed by atoms with E-state index in [-0.39, 0.29) is 31.8 Å². The van der Waals surface area contributed by atoms with Gasteiger partial charge in [-0.05, 0) is 13.3 Å². The van der Waals surface area contributed by atoms with Gasteiger partial charge in [-0.25, -0.2) is 9.78 Å². The molecule has 0 fully saturated rings. The van der Waals surface area contributed by atoms with Crippen LogP contribution in [0.15, 0.2) is 0 Å². The number of carboxylic acids is 1. The Hall–Kier alpha value is -0.980. The van der Waals surface area contributed by atoms with Crippen molar-refractivity contribution in [3.63, 3.8) is 0 Å². The zero-order chi connectivity index (χ0) is 11.0. The fourth-order valence-corrected chi connectivity index (χ4v) is 0.602. The van der Waals surface area contributed by atoms with Crippen LogP contribution in [0, 0.1) is 0 Å². The van der Waals surface area contributed by atoms with Crippen LogP contribution in [-0.4, -0.2) is 36.1 Å². The molecule has 0 rings (SSSR count). The van der Waals surface area contributed by atoms with Crippen molar-refractivity contribution in [3.05, 3.63) is 0 Å². The molecule has 0 radical (unpaired) electrons. The normalized spacial score (nSPS) is 12.4. The molecule has 0 heterocycles. The van der Waals surface area contributed by atoms with Crippen molar-refractivity contribution >= 4 is 11.8 Å². The number of hydrogen-bond donors (Lipinski definition) is 2. The lowest BCUT2D eigenvalue weighted by Crippen LogP contribution is -2.31. The van der Waals surface area contributed by atoms with Gasteiger partial charge in [0.2, 0.25) is 0 Å². The molecule has 0 aliphatic rings. The predicted octanol–water partition coefficient (Wildman–Crippen LogP) is -0.284. The molecule has 0 bridgehead atoms.